The lowest BCUT2D eigenvalue weighted by molar-refractivity contribution is -0.133. The van der Waals surface area contributed by atoms with Gasteiger partial charge in [0.15, 0.2) is 0 Å². The van der Waals surface area contributed by atoms with Crippen molar-refractivity contribution in [1.82, 2.24) is 10.2 Å². The number of hydrogen-bond donors (Lipinski definition) is 2. The van der Waals surface area contributed by atoms with Crippen LogP contribution in [-0.2, 0) is 4.79 Å². The number of aliphatic hydroxyl groups excluding tert-OH is 1. The van der Waals surface area contributed by atoms with E-state index >= 15 is 0 Å². The first kappa shape index (κ1) is 17.7. The number of amides is 3. The second-order valence-corrected chi connectivity index (χ2v) is 7.39. The van der Waals surface area contributed by atoms with Crippen molar-refractivity contribution < 1.29 is 19.4 Å². The van der Waals surface area contributed by atoms with E-state index in [4.69, 9.17) is 4.74 Å². The van der Waals surface area contributed by atoms with Crippen molar-refractivity contribution in [2.24, 2.45) is 5.92 Å². The minimum Gasteiger partial charge on any atom is -0.491 e. The minimum absolute atomic E-state index is 0.0319. The van der Waals surface area contributed by atoms with Gasteiger partial charge in [-0.15, -0.1) is 0 Å². The summed E-state index contributed by atoms with van der Waals surface area (Å²) in [6.07, 6.45) is 2.28. The number of imide groups is 1. The van der Waals surface area contributed by atoms with Gasteiger partial charge < -0.3 is 15.2 Å². The van der Waals surface area contributed by atoms with E-state index in [-0.39, 0.29) is 19.1 Å². The van der Waals surface area contributed by atoms with Crippen LogP contribution in [0, 0.1) is 12.8 Å². The summed E-state index contributed by atoms with van der Waals surface area (Å²) in [6, 6.07) is 7.09. The largest absolute Gasteiger partial charge is 0.491 e. The van der Waals surface area contributed by atoms with Crippen LogP contribution in [-0.4, -0.2) is 46.7 Å². The normalized spacial score (nSPS) is 27.5. The molecule has 0 bridgehead atoms. The lowest BCUT2D eigenvalue weighted by Crippen LogP contribution is -2.49. The van der Waals surface area contributed by atoms with Gasteiger partial charge >= 0.3 is 6.03 Å². The van der Waals surface area contributed by atoms with E-state index in [1.165, 1.54) is 0 Å². The molecule has 136 valence electrons. The van der Waals surface area contributed by atoms with Crippen molar-refractivity contribution >= 4 is 11.9 Å². The second kappa shape index (κ2) is 7.04. The van der Waals surface area contributed by atoms with Crippen LogP contribution >= 0.6 is 0 Å². The third-order valence-corrected chi connectivity index (χ3v) is 5.23. The van der Waals surface area contributed by atoms with Crippen LogP contribution in [0.3, 0.4) is 0 Å². The van der Waals surface area contributed by atoms with Gasteiger partial charge in [0.25, 0.3) is 5.91 Å². The van der Waals surface area contributed by atoms with Crippen LogP contribution in [0.15, 0.2) is 24.3 Å². The highest BCUT2D eigenvalue weighted by atomic mass is 16.5. The highest BCUT2D eigenvalue weighted by Gasteiger charge is 2.52. The molecule has 1 aromatic carbocycles. The molecule has 1 saturated heterocycles. The van der Waals surface area contributed by atoms with Gasteiger partial charge in [-0.2, -0.15) is 0 Å². The number of ether oxygens (including phenoxy) is 1. The average molecular weight is 346 g/mol. The van der Waals surface area contributed by atoms with E-state index in [0.717, 1.165) is 23.3 Å². The van der Waals surface area contributed by atoms with E-state index in [1.54, 1.807) is 0 Å². The molecule has 1 atom stereocenters. The molecule has 0 unspecified atom stereocenters. The standard InChI is InChI=1S/C19H26N2O4/c1-13-3-5-16(6-4-13)25-12-15(22)11-21-17(23)19(20-18(21)24)9-7-14(2)8-10-19/h3-6,14-15,22H,7-12H2,1-2H3,(H,20,24)/t14?,15-,19?/m1/s1. The molecule has 1 aromatic rings. The van der Waals surface area contributed by atoms with Crippen molar-refractivity contribution in [3.05, 3.63) is 29.8 Å². The third kappa shape index (κ3) is 3.79. The number of aliphatic hydroxyl groups is 1. The predicted octanol–water partition coefficient (Wildman–Crippen LogP) is 2.24. The third-order valence-electron chi connectivity index (χ3n) is 5.23. The van der Waals surface area contributed by atoms with Crippen LogP contribution in [0.1, 0.15) is 38.2 Å². The van der Waals surface area contributed by atoms with Crippen LogP contribution < -0.4 is 10.1 Å². The lowest BCUT2D eigenvalue weighted by Gasteiger charge is -2.33. The van der Waals surface area contributed by atoms with Crippen molar-refractivity contribution in [2.45, 2.75) is 51.2 Å². The molecule has 1 heterocycles. The Bertz CT molecular complexity index is 635. The molecule has 0 aromatic heterocycles. The van der Waals surface area contributed by atoms with Crippen molar-refractivity contribution in [1.29, 1.82) is 0 Å². The Labute approximate surface area is 148 Å². The van der Waals surface area contributed by atoms with Gasteiger partial charge in [-0.1, -0.05) is 24.6 Å². The first-order valence-electron chi connectivity index (χ1n) is 8.91. The molecule has 1 spiro atoms. The van der Waals surface area contributed by atoms with E-state index < -0.39 is 17.7 Å². The van der Waals surface area contributed by atoms with Gasteiger partial charge in [0.05, 0.1) is 6.54 Å². The summed E-state index contributed by atoms with van der Waals surface area (Å²) < 4.78 is 5.53. The summed E-state index contributed by atoms with van der Waals surface area (Å²) in [5.41, 5.74) is 0.362. The summed E-state index contributed by atoms with van der Waals surface area (Å²) in [4.78, 5) is 26.1. The average Bonchev–Trinajstić information content (AvgIpc) is 2.82. The Morgan fingerprint density at radius 1 is 1.28 bits per heavy atom. The van der Waals surface area contributed by atoms with Crippen LogP contribution in [0.5, 0.6) is 5.75 Å². The molecule has 0 radical (unpaired) electrons. The Morgan fingerprint density at radius 2 is 1.92 bits per heavy atom. The molecular formula is C19H26N2O4. The van der Waals surface area contributed by atoms with Crippen molar-refractivity contribution in [3.63, 3.8) is 0 Å². The minimum atomic E-state index is -0.923. The SMILES string of the molecule is Cc1ccc(OC[C@H](O)CN2C(=O)NC3(CCC(C)CC3)C2=O)cc1. The molecular weight excluding hydrogens is 320 g/mol. The summed E-state index contributed by atoms with van der Waals surface area (Å²) in [5, 5.41) is 13.1. The highest BCUT2D eigenvalue weighted by molar-refractivity contribution is 6.07. The number of hydrogen-bond acceptors (Lipinski definition) is 4. The Morgan fingerprint density at radius 3 is 2.56 bits per heavy atom. The van der Waals surface area contributed by atoms with E-state index in [9.17, 15) is 14.7 Å². The first-order chi connectivity index (χ1) is 11.9. The topological polar surface area (TPSA) is 78.9 Å². The van der Waals surface area contributed by atoms with Gasteiger partial charge in [0.2, 0.25) is 0 Å². The fourth-order valence-electron chi connectivity index (χ4n) is 3.53. The maximum atomic E-state index is 12.7. The van der Waals surface area contributed by atoms with Crippen molar-refractivity contribution in [3.8, 4) is 5.75 Å². The number of aryl methyl sites for hydroxylation is 1. The molecule has 25 heavy (non-hydrogen) atoms. The van der Waals surface area contributed by atoms with E-state index in [0.29, 0.717) is 24.5 Å². The zero-order valence-corrected chi connectivity index (χ0v) is 14.8. The Kier molecular flexibility index (Phi) is 4.99. The van der Waals surface area contributed by atoms with Crippen LogP contribution in [0.2, 0.25) is 0 Å². The van der Waals surface area contributed by atoms with Gasteiger partial charge in [0.1, 0.15) is 24.0 Å². The summed E-state index contributed by atoms with van der Waals surface area (Å²) >= 11 is 0. The number of nitrogens with zero attached hydrogens (tertiary/aromatic N) is 1. The molecule has 2 N–H and O–H groups in total. The van der Waals surface area contributed by atoms with E-state index in [1.807, 2.05) is 31.2 Å². The molecule has 1 aliphatic carbocycles. The molecule has 1 saturated carbocycles. The van der Waals surface area contributed by atoms with Gasteiger partial charge in [-0.3, -0.25) is 9.69 Å². The maximum absolute atomic E-state index is 12.7. The fourth-order valence-corrected chi connectivity index (χ4v) is 3.53. The van der Waals surface area contributed by atoms with Crippen LogP contribution in [0.25, 0.3) is 0 Å². The van der Waals surface area contributed by atoms with Crippen molar-refractivity contribution in [2.75, 3.05) is 13.2 Å². The second-order valence-electron chi connectivity index (χ2n) is 7.39. The number of nitrogens with one attached hydrogen (secondary N) is 1. The number of carbonyl (C=O) groups is 2. The number of benzene rings is 1. The molecule has 2 aliphatic rings. The monoisotopic (exact) mass is 346 g/mol. The molecule has 6 nitrogen and oxygen atoms in total. The molecule has 3 rings (SSSR count). The number of carbonyl (C=O) groups excluding carboxylic acids is 2. The Hall–Kier alpha value is -2.08. The summed E-state index contributed by atoms with van der Waals surface area (Å²) in [6.45, 7) is 4.13. The molecule has 3 amide bonds. The quantitative estimate of drug-likeness (QED) is 0.802. The maximum Gasteiger partial charge on any atom is 0.325 e. The van der Waals surface area contributed by atoms with Gasteiger partial charge in [0, 0.05) is 0 Å². The first-order valence-corrected chi connectivity index (χ1v) is 8.91. The van der Waals surface area contributed by atoms with Gasteiger partial charge in [-0.25, -0.2) is 4.79 Å². The predicted molar refractivity (Wildman–Crippen MR) is 93.3 cm³/mol. The van der Waals surface area contributed by atoms with Gasteiger partial charge in [-0.05, 0) is 50.7 Å². The summed E-state index contributed by atoms with van der Waals surface area (Å²) in [7, 11) is 0. The zero-order chi connectivity index (χ0) is 18.0. The molecule has 6 heteroatoms. The lowest BCUT2D eigenvalue weighted by atomic mass is 9.77. The molecule has 1 aliphatic heterocycles. The number of β-amino-alcohol motifs (C(OH)–C–C–N with tert-alkyl or cyclic N) is 1. The highest BCUT2D eigenvalue weighted by Crippen LogP contribution is 2.36. The number of rotatable bonds is 5. The fraction of sp³-hybridized carbons (Fsp3) is 0.579. The van der Waals surface area contributed by atoms with Crippen LogP contribution in [0.4, 0.5) is 4.79 Å². The van der Waals surface area contributed by atoms with E-state index in [2.05, 4.69) is 12.2 Å². The molecule has 2 fully saturated rings. The summed E-state index contributed by atoms with van der Waals surface area (Å²) in [5.74, 6) is 1.02. The Balaban J connectivity index is 1.55. The number of urea groups is 1. The smallest absolute Gasteiger partial charge is 0.325 e. The zero-order valence-electron chi connectivity index (χ0n) is 14.8.